The van der Waals surface area contributed by atoms with E-state index >= 15 is 0 Å². The van der Waals surface area contributed by atoms with Crippen molar-refractivity contribution in [2.75, 3.05) is 26.7 Å². The standard InChI is InChI=1S/C9H16N2O2/c1-11-3-2-9(6-11)4-8(12)13-7(9)5-10/h7H,2-6,10H2,1H3. The third-order valence-electron chi connectivity index (χ3n) is 3.24. The van der Waals surface area contributed by atoms with Gasteiger partial charge in [-0.05, 0) is 20.0 Å². The van der Waals surface area contributed by atoms with E-state index in [-0.39, 0.29) is 17.5 Å². The Balaban J connectivity index is 2.16. The summed E-state index contributed by atoms with van der Waals surface area (Å²) < 4.78 is 5.21. The van der Waals surface area contributed by atoms with Crippen LogP contribution in [0, 0.1) is 5.41 Å². The highest BCUT2D eigenvalue weighted by Crippen LogP contribution is 2.42. The third kappa shape index (κ3) is 1.34. The van der Waals surface area contributed by atoms with Gasteiger partial charge in [0, 0.05) is 18.5 Å². The quantitative estimate of drug-likeness (QED) is 0.562. The Kier molecular flexibility index (Phi) is 2.04. The molecule has 0 aliphatic carbocycles. The molecule has 2 aliphatic rings. The maximum Gasteiger partial charge on any atom is 0.306 e. The smallest absolute Gasteiger partial charge is 0.306 e. The van der Waals surface area contributed by atoms with E-state index in [1.54, 1.807) is 0 Å². The van der Waals surface area contributed by atoms with Crippen LogP contribution in [0.1, 0.15) is 12.8 Å². The molecule has 74 valence electrons. The second-order valence-corrected chi connectivity index (χ2v) is 4.24. The van der Waals surface area contributed by atoms with Gasteiger partial charge >= 0.3 is 5.97 Å². The van der Waals surface area contributed by atoms with Gasteiger partial charge < -0.3 is 15.4 Å². The van der Waals surface area contributed by atoms with Crippen molar-refractivity contribution in [1.82, 2.24) is 4.90 Å². The minimum absolute atomic E-state index is 0.0284. The van der Waals surface area contributed by atoms with Crippen molar-refractivity contribution in [1.29, 1.82) is 0 Å². The van der Waals surface area contributed by atoms with E-state index in [0.717, 1.165) is 19.5 Å². The molecule has 2 saturated heterocycles. The van der Waals surface area contributed by atoms with Gasteiger partial charge in [0.25, 0.3) is 0 Å². The molecule has 0 aromatic rings. The summed E-state index contributed by atoms with van der Waals surface area (Å²) in [7, 11) is 2.07. The van der Waals surface area contributed by atoms with E-state index in [9.17, 15) is 4.79 Å². The number of nitrogens with zero attached hydrogens (tertiary/aromatic N) is 1. The Labute approximate surface area is 78.0 Å². The number of hydrogen-bond donors (Lipinski definition) is 1. The van der Waals surface area contributed by atoms with Crippen molar-refractivity contribution >= 4 is 5.97 Å². The number of nitrogens with two attached hydrogens (primary N) is 1. The predicted molar refractivity (Wildman–Crippen MR) is 48.1 cm³/mol. The summed E-state index contributed by atoms with van der Waals surface area (Å²) in [5.41, 5.74) is 5.63. The molecule has 0 amide bonds. The molecule has 0 radical (unpaired) electrons. The van der Waals surface area contributed by atoms with Crippen LogP contribution in [-0.2, 0) is 9.53 Å². The fourth-order valence-corrected chi connectivity index (χ4v) is 2.54. The van der Waals surface area contributed by atoms with Crippen LogP contribution >= 0.6 is 0 Å². The van der Waals surface area contributed by atoms with Gasteiger partial charge in [0.2, 0.25) is 0 Å². The average molecular weight is 184 g/mol. The van der Waals surface area contributed by atoms with Crippen molar-refractivity contribution in [3.8, 4) is 0 Å². The maximum atomic E-state index is 11.2. The zero-order valence-electron chi connectivity index (χ0n) is 7.95. The first-order valence-electron chi connectivity index (χ1n) is 4.74. The Hall–Kier alpha value is -0.610. The Morgan fingerprint density at radius 3 is 3.08 bits per heavy atom. The van der Waals surface area contributed by atoms with Crippen LogP contribution in [0.25, 0.3) is 0 Å². The summed E-state index contributed by atoms with van der Waals surface area (Å²) in [5.74, 6) is -0.0780. The van der Waals surface area contributed by atoms with Gasteiger partial charge in [-0.25, -0.2) is 0 Å². The fourth-order valence-electron chi connectivity index (χ4n) is 2.54. The number of rotatable bonds is 1. The van der Waals surface area contributed by atoms with Gasteiger partial charge in [-0.15, -0.1) is 0 Å². The largest absolute Gasteiger partial charge is 0.460 e. The van der Waals surface area contributed by atoms with Gasteiger partial charge in [-0.3, -0.25) is 4.79 Å². The number of esters is 1. The SMILES string of the molecule is CN1CCC2(CC(=O)OC2CN)C1. The van der Waals surface area contributed by atoms with E-state index in [2.05, 4.69) is 11.9 Å². The first kappa shape index (κ1) is 8.97. The summed E-state index contributed by atoms with van der Waals surface area (Å²) in [4.78, 5) is 13.4. The topological polar surface area (TPSA) is 55.6 Å². The Morgan fingerprint density at radius 2 is 2.54 bits per heavy atom. The number of hydrogen-bond acceptors (Lipinski definition) is 4. The number of likely N-dealkylation sites (tertiary alicyclic amines) is 1. The fraction of sp³-hybridized carbons (Fsp3) is 0.889. The third-order valence-corrected chi connectivity index (χ3v) is 3.24. The Bertz CT molecular complexity index is 232. The van der Waals surface area contributed by atoms with Gasteiger partial charge in [-0.1, -0.05) is 0 Å². The van der Waals surface area contributed by atoms with Crippen LogP contribution in [0.2, 0.25) is 0 Å². The summed E-state index contributed by atoms with van der Waals surface area (Å²) >= 11 is 0. The van der Waals surface area contributed by atoms with Crippen LogP contribution in [0.4, 0.5) is 0 Å². The highest BCUT2D eigenvalue weighted by molar-refractivity contribution is 5.73. The van der Waals surface area contributed by atoms with Crippen LogP contribution in [0.15, 0.2) is 0 Å². The lowest BCUT2D eigenvalue weighted by atomic mass is 9.80. The molecule has 2 heterocycles. The molecule has 2 N–H and O–H groups in total. The van der Waals surface area contributed by atoms with Crippen molar-refractivity contribution in [2.24, 2.45) is 11.1 Å². The van der Waals surface area contributed by atoms with E-state index in [0.29, 0.717) is 13.0 Å². The molecule has 2 atom stereocenters. The molecule has 2 unspecified atom stereocenters. The minimum Gasteiger partial charge on any atom is -0.460 e. The van der Waals surface area contributed by atoms with Crippen molar-refractivity contribution in [3.63, 3.8) is 0 Å². The molecular formula is C9H16N2O2. The van der Waals surface area contributed by atoms with Gasteiger partial charge in [0.15, 0.2) is 0 Å². The molecule has 1 spiro atoms. The molecule has 0 aromatic carbocycles. The summed E-state index contributed by atoms with van der Waals surface area (Å²) in [6, 6.07) is 0. The Morgan fingerprint density at radius 1 is 1.77 bits per heavy atom. The lowest BCUT2D eigenvalue weighted by Gasteiger charge is -2.26. The molecule has 4 nitrogen and oxygen atoms in total. The minimum atomic E-state index is -0.0780. The van der Waals surface area contributed by atoms with E-state index in [4.69, 9.17) is 10.5 Å². The summed E-state index contributed by atoms with van der Waals surface area (Å²) in [5, 5.41) is 0. The predicted octanol–water partition coefficient (Wildman–Crippen LogP) is -0.417. The monoisotopic (exact) mass is 184 g/mol. The number of cyclic esters (lactones) is 1. The molecule has 0 aromatic heterocycles. The number of carbonyl (C=O) groups excluding carboxylic acids is 1. The van der Waals surface area contributed by atoms with Crippen molar-refractivity contribution < 1.29 is 9.53 Å². The zero-order chi connectivity index (χ0) is 9.47. The lowest BCUT2D eigenvalue weighted by Crippen LogP contribution is -2.38. The van der Waals surface area contributed by atoms with E-state index < -0.39 is 0 Å². The second-order valence-electron chi connectivity index (χ2n) is 4.24. The maximum absolute atomic E-state index is 11.2. The number of carbonyl (C=O) groups is 1. The van der Waals surface area contributed by atoms with Crippen LogP contribution in [-0.4, -0.2) is 43.7 Å². The van der Waals surface area contributed by atoms with Gasteiger partial charge in [0.05, 0.1) is 6.42 Å². The second kappa shape index (κ2) is 2.96. The molecule has 4 heteroatoms. The first-order valence-corrected chi connectivity index (χ1v) is 4.74. The van der Waals surface area contributed by atoms with Crippen molar-refractivity contribution in [3.05, 3.63) is 0 Å². The molecule has 0 bridgehead atoms. The normalized spacial score (nSPS) is 40.2. The van der Waals surface area contributed by atoms with E-state index in [1.165, 1.54) is 0 Å². The van der Waals surface area contributed by atoms with E-state index in [1.807, 2.05) is 0 Å². The summed E-state index contributed by atoms with van der Waals surface area (Å²) in [6.07, 6.45) is 1.54. The highest BCUT2D eigenvalue weighted by Gasteiger charge is 2.51. The highest BCUT2D eigenvalue weighted by atomic mass is 16.6. The molecule has 2 fully saturated rings. The summed E-state index contributed by atoms with van der Waals surface area (Å²) in [6.45, 7) is 2.45. The van der Waals surface area contributed by atoms with Crippen LogP contribution < -0.4 is 5.73 Å². The van der Waals surface area contributed by atoms with Gasteiger partial charge in [0.1, 0.15) is 6.10 Å². The molecule has 2 aliphatic heterocycles. The molecule has 2 rings (SSSR count). The first-order chi connectivity index (χ1) is 6.16. The van der Waals surface area contributed by atoms with Crippen molar-refractivity contribution in [2.45, 2.75) is 18.9 Å². The molecule has 0 saturated carbocycles. The van der Waals surface area contributed by atoms with Crippen LogP contribution in [0.3, 0.4) is 0 Å². The average Bonchev–Trinajstić information content (AvgIpc) is 2.57. The zero-order valence-corrected chi connectivity index (χ0v) is 7.95. The molecule has 13 heavy (non-hydrogen) atoms. The number of ether oxygens (including phenoxy) is 1. The lowest BCUT2D eigenvalue weighted by molar-refractivity contribution is -0.141. The van der Waals surface area contributed by atoms with Crippen LogP contribution in [0.5, 0.6) is 0 Å². The van der Waals surface area contributed by atoms with Gasteiger partial charge in [-0.2, -0.15) is 0 Å². The molecular weight excluding hydrogens is 168 g/mol.